The maximum Gasteiger partial charge on any atom is 0.573 e. The quantitative estimate of drug-likeness (QED) is 0.849. The molecule has 18 heavy (non-hydrogen) atoms. The van der Waals surface area contributed by atoms with Gasteiger partial charge in [0.05, 0.1) is 0 Å². The fourth-order valence-electron chi connectivity index (χ4n) is 1.21. The van der Waals surface area contributed by atoms with Crippen LogP contribution in [0.5, 0.6) is 5.75 Å². The van der Waals surface area contributed by atoms with Crippen LogP contribution in [-0.2, 0) is 0 Å². The number of halogens is 3. The Morgan fingerprint density at radius 2 is 1.72 bits per heavy atom. The summed E-state index contributed by atoms with van der Waals surface area (Å²) in [5.41, 5.74) is 4.90. The van der Waals surface area contributed by atoms with Crippen molar-refractivity contribution in [1.82, 2.24) is 0 Å². The highest BCUT2D eigenvalue weighted by atomic mass is 19.4. The molecule has 0 aromatic heterocycles. The molecule has 0 unspecified atom stereocenters. The molecule has 0 fully saturated rings. The molecule has 6 heteroatoms. The van der Waals surface area contributed by atoms with Crippen LogP contribution in [-0.4, -0.2) is 19.2 Å². The van der Waals surface area contributed by atoms with Crippen molar-refractivity contribution >= 4 is 5.78 Å². The van der Waals surface area contributed by atoms with Crippen LogP contribution >= 0.6 is 0 Å². The second-order valence-corrected chi connectivity index (χ2v) is 3.25. The summed E-state index contributed by atoms with van der Waals surface area (Å²) in [6.07, 6.45) is -3.60. The lowest BCUT2D eigenvalue weighted by atomic mass is 10.1. The van der Waals surface area contributed by atoms with Gasteiger partial charge in [-0.25, -0.2) is 0 Å². The lowest BCUT2D eigenvalue weighted by molar-refractivity contribution is -0.274. The van der Waals surface area contributed by atoms with E-state index in [1.54, 1.807) is 0 Å². The molecule has 1 aromatic rings. The van der Waals surface area contributed by atoms with Gasteiger partial charge in [0.25, 0.3) is 0 Å². The Morgan fingerprint density at radius 1 is 1.22 bits per heavy atom. The van der Waals surface area contributed by atoms with Gasteiger partial charge >= 0.3 is 6.36 Å². The van der Waals surface area contributed by atoms with Crippen molar-refractivity contribution in [3.63, 3.8) is 0 Å². The molecule has 0 saturated carbocycles. The number of hydrogen-bond acceptors (Lipinski definition) is 3. The number of ether oxygens (including phenoxy) is 1. The largest absolute Gasteiger partial charge is 0.573 e. The zero-order valence-electron chi connectivity index (χ0n) is 10.3. The molecule has 102 valence electrons. The third-order valence-corrected chi connectivity index (χ3v) is 1.89. The van der Waals surface area contributed by atoms with Crippen molar-refractivity contribution in [2.75, 3.05) is 7.05 Å². The Bertz CT molecular complexity index is 361. The fraction of sp³-hybridized carbons (Fsp3) is 0.417. The first-order valence-electron chi connectivity index (χ1n) is 5.39. The first kappa shape index (κ1) is 16.4. The molecule has 1 aromatic carbocycles. The van der Waals surface area contributed by atoms with Crippen LogP contribution in [0.25, 0.3) is 0 Å². The minimum Gasteiger partial charge on any atom is -0.406 e. The predicted octanol–water partition coefficient (Wildman–Crippen LogP) is 3.14. The number of carbonyl (C=O) groups excluding carboxylic acids is 1. The van der Waals surface area contributed by atoms with Gasteiger partial charge in [-0.15, -0.1) is 13.2 Å². The first-order chi connectivity index (χ1) is 8.42. The third-order valence-electron chi connectivity index (χ3n) is 1.89. The van der Waals surface area contributed by atoms with E-state index in [-0.39, 0.29) is 11.5 Å². The minimum atomic E-state index is -4.70. The van der Waals surface area contributed by atoms with Gasteiger partial charge in [0, 0.05) is 12.0 Å². The number of nitrogens with two attached hydrogens (primary N) is 1. The van der Waals surface area contributed by atoms with Gasteiger partial charge < -0.3 is 10.5 Å². The maximum atomic E-state index is 11.8. The van der Waals surface area contributed by atoms with Crippen LogP contribution in [0.1, 0.15) is 30.1 Å². The number of benzene rings is 1. The summed E-state index contributed by atoms with van der Waals surface area (Å²) >= 11 is 0. The van der Waals surface area contributed by atoms with E-state index >= 15 is 0 Å². The molecule has 0 spiro atoms. The standard InChI is InChI=1S/C11H11F3O2.CH5N/c1-2-3-10(15)8-4-6-9(7-5-8)16-11(12,13)14;1-2/h4-7H,2-3H2,1H3;2H2,1H3. The van der Waals surface area contributed by atoms with Crippen molar-refractivity contribution < 1.29 is 22.7 Å². The zero-order valence-corrected chi connectivity index (χ0v) is 10.3. The molecule has 3 nitrogen and oxygen atoms in total. The molecule has 0 heterocycles. The Hall–Kier alpha value is -1.56. The Kier molecular flexibility index (Phi) is 7.04. The van der Waals surface area contributed by atoms with Gasteiger partial charge in [-0.2, -0.15) is 0 Å². The van der Waals surface area contributed by atoms with Crippen molar-refractivity contribution in [3.05, 3.63) is 29.8 Å². The monoisotopic (exact) mass is 263 g/mol. The van der Waals surface area contributed by atoms with Crippen molar-refractivity contribution in [3.8, 4) is 5.75 Å². The van der Waals surface area contributed by atoms with E-state index in [1.807, 2.05) is 6.92 Å². The second kappa shape index (κ2) is 7.71. The molecule has 0 atom stereocenters. The SMILES string of the molecule is CCCC(=O)c1ccc(OC(F)(F)F)cc1.CN. The molecule has 0 aliphatic carbocycles. The number of carbonyl (C=O) groups is 1. The molecule has 0 saturated heterocycles. The summed E-state index contributed by atoms with van der Waals surface area (Å²) in [4.78, 5) is 11.4. The molecular weight excluding hydrogens is 247 g/mol. The van der Waals surface area contributed by atoms with E-state index < -0.39 is 6.36 Å². The number of Topliss-reactive ketones (excluding diaryl/α,β-unsaturated/α-hetero) is 1. The highest BCUT2D eigenvalue weighted by Gasteiger charge is 2.30. The van der Waals surface area contributed by atoms with Crippen LogP contribution in [0.3, 0.4) is 0 Å². The normalized spacial score (nSPS) is 10.3. The van der Waals surface area contributed by atoms with Crippen molar-refractivity contribution in [2.24, 2.45) is 5.73 Å². The van der Waals surface area contributed by atoms with Gasteiger partial charge in [0.1, 0.15) is 5.75 Å². The van der Waals surface area contributed by atoms with E-state index in [0.717, 1.165) is 12.1 Å². The Labute approximate surface area is 104 Å². The van der Waals surface area contributed by atoms with E-state index in [4.69, 9.17) is 0 Å². The van der Waals surface area contributed by atoms with E-state index in [9.17, 15) is 18.0 Å². The lowest BCUT2D eigenvalue weighted by Gasteiger charge is -2.08. The molecule has 0 bridgehead atoms. The first-order valence-corrected chi connectivity index (χ1v) is 5.39. The predicted molar refractivity (Wildman–Crippen MR) is 62.5 cm³/mol. The van der Waals surface area contributed by atoms with E-state index in [2.05, 4.69) is 10.5 Å². The molecule has 0 amide bonds. The average molecular weight is 263 g/mol. The van der Waals surface area contributed by atoms with Crippen LogP contribution in [0.4, 0.5) is 13.2 Å². The Morgan fingerprint density at radius 3 is 2.11 bits per heavy atom. The molecule has 1 rings (SSSR count). The molecule has 0 aliphatic rings. The van der Waals surface area contributed by atoms with Gasteiger partial charge in [-0.3, -0.25) is 4.79 Å². The van der Waals surface area contributed by atoms with Crippen LogP contribution in [0.15, 0.2) is 24.3 Å². The van der Waals surface area contributed by atoms with Gasteiger partial charge in [0.15, 0.2) is 5.78 Å². The molecule has 2 N–H and O–H groups in total. The lowest BCUT2D eigenvalue weighted by Crippen LogP contribution is -2.17. The highest BCUT2D eigenvalue weighted by molar-refractivity contribution is 5.96. The van der Waals surface area contributed by atoms with Crippen molar-refractivity contribution in [2.45, 2.75) is 26.1 Å². The second-order valence-electron chi connectivity index (χ2n) is 3.25. The van der Waals surface area contributed by atoms with Gasteiger partial charge in [0.2, 0.25) is 0 Å². The van der Waals surface area contributed by atoms with E-state index in [0.29, 0.717) is 18.4 Å². The molecule has 0 radical (unpaired) electrons. The summed E-state index contributed by atoms with van der Waals surface area (Å²) in [5.74, 6) is -0.401. The van der Waals surface area contributed by atoms with E-state index in [1.165, 1.54) is 19.2 Å². The summed E-state index contributed by atoms with van der Waals surface area (Å²) in [5, 5.41) is 0. The maximum absolute atomic E-state index is 11.8. The average Bonchev–Trinajstić information content (AvgIpc) is 2.31. The summed E-state index contributed by atoms with van der Waals surface area (Å²) in [6, 6.07) is 4.94. The fourth-order valence-corrected chi connectivity index (χ4v) is 1.21. The van der Waals surface area contributed by atoms with Crippen LogP contribution in [0, 0.1) is 0 Å². The number of alkyl halides is 3. The smallest absolute Gasteiger partial charge is 0.406 e. The highest BCUT2D eigenvalue weighted by Crippen LogP contribution is 2.23. The minimum absolute atomic E-state index is 0.0824. The summed E-state index contributed by atoms with van der Waals surface area (Å²) in [6.45, 7) is 1.86. The topological polar surface area (TPSA) is 52.3 Å². The summed E-state index contributed by atoms with van der Waals surface area (Å²) in [7, 11) is 1.50. The molecule has 0 aliphatic heterocycles. The number of ketones is 1. The molecular formula is C12H16F3NO2. The zero-order chi connectivity index (χ0) is 14.2. The van der Waals surface area contributed by atoms with Gasteiger partial charge in [-0.1, -0.05) is 6.92 Å². The van der Waals surface area contributed by atoms with Crippen LogP contribution in [0.2, 0.25) is 0 Å². The van der Waals surface area contributed by atoms with Gasteiger partial charge in [-0.05, 0) is 37.7 Å². The number of hydrogen-bond donors (Lipinski definition) is 1. The summed E-state index contributed by atoms with van der Waals surface area (Å²) < 4.78 is 39.2. The number of rotatable bonds is 4. The third kappa shape index (κ3) is 6.24. The Balaban J connectivity index is 0.00000137. The van der Waals surface area contributed by atoms with Crippen LogP contribution < -0.4 is 10.5 Å². The van der Waals surface area contributed by atoms with Crippen molar-refractivity contribution in [1.29, 1.82) is 0 Å².